The average molecular weight is 242 g/mol. The zero-order valence-electron chi connectivity index (χ0n) is 11.7. The third kappa shape index (κ3) is 7.16. The molecule has 0 saturated carbocycles. The molecule has 2 N–H and O–H groups in total. The maximum Gasteiger partial charge on any atom is 0.305 e. The standard InChI is InChI=1S/C10H18O.C4H8O2/c1-8-4-6-9(7-5-8)10(2,3)11;1-3(2)4(5)6/h4,9,11H,5-7H2,1-3H3;3H,1-2H3,(H,5,6). The van der Waals surface area contributed by atoms with Gasteiger partial charge in [0.25, 0.3) is 0 Å². The molecule has 0 heterocycles. The highest BCUT2D eigenvalue weighted by molar-refractivity contribution is 5.68. The quantitative estimate of drug-likeness (QED) is 0.731. The summed E-state index contributed by atoms with van der Waals surface area (Å²) < 4.78 is 0. The Morgan fingerprint density at radius 1 is 1.47 bits per heavy atom. The van der Waals surface area contributed by atoms with Crippen molar-refractivity contribution < 1.29 is 15.0 Å². The van der Waals surface area contributed by atoms with Crippen LogP contribution in [0.15, 0.2) is 11.6 Å². The van der Waals surface area contributed by atoms with Gasteiger partial charge in [-0.3, -0.25) is 4.79 Å². The largest absolute Gasteiger partial charge is 0.481 e. The Morgan fingerprint density at radius 2 is 1.94 bits per heavy atom. The lowest BCUT2D eigenvalue weighted by molar-refractivity contribution is -0.140. The lowest BCUT2D eigenvalue weighted by Gasteiger charge is -2.31. The van der Waals surface area contributed by atoms with Crippen molar-refractivity contribution in [1.29, 1.82) is 0 Å². The smallest absolute Gasteiger partial charge is 0.305 e. The van der Waals surface area contributed by atoms with Crippen molar-refractivity contribution in [3.05, 3.63) is 11.6 Å². The van der Waals surface area contributed by atoms with Crippen molar-refractivity contribution in [2.45, 2.75) is 59.5 Å². The van der Waals surface area contributed by atoms with Crippen molar-refractivity contribution in [2.75, 3.05) is 0 Å². The van der Waals surface area contributed by atoms with E-state index in [0.29, 0.717) is 5.92 Å². The van der Waals surface area contributed by atoms with Gasteiger partial charge >= 0.3 is 5.97 Å². The lowest BCUT2D eigenvalue weighted by atomic mass is 9.80. The molecule has 0 fully saturated rings. The zero-order chi connectivity index (χ0) is 13.6. The second kappa shape index (κ2) is 6.80. The predicted octanol–water partition coefficient (Wildman–Crippen LogP) is 3.23. The van der Waals surface area contributed by atoms with Crippen molar-refractivity contribution in [3.8, 4) is 0 Å². The van der Waals surface area contributed by atoms with Crippen LogP contribution in [0.1, 0.15) is 53.9 Å². The van der Waals surface area contributed by atoms with Gasteiger partial charge in [0.05, 0.1) is 11.5 Å². The van der Waals surface area contributed by atoms with Crippen molar-refractivity contribution in [3.63, 3.8) is 0 Å². The predicted molar refractivity (Wildman–Crippen MR) is 69.9 cm³/mol. The number of carbonyl (C=O) groups is 1. The molecule has 3 heteroatoms. The van der Waals surface area contributed by atoms with E-state index in [4.69, 9.17) is 5.11 Å². The van der Waals surface area contributed by atoms with E-state index in [2.05, 4.69) is 13.0 Å². The molecule has 1 aliphatic rings. The summed E-state index contributed by atoms with van der Waals surface area (Å²) in [6.45, 7) is 9.27. The van der Waals surface area contributed by atoms with Gasteiger partial charge < -0.3 is 10.2 Å². The zero-order valence-corrected chi connectivity index (χ0v) is 11.7. The van der Waals surface area contributed by atoms with E-state index < -0.39 is 11.6 Å². The molecule has 1 aliphatic carbocycles. The summed E-state index contributed by atoms with van der Waals surface area (Å²) in [7, 11) is 0. The molecule has 17 heavy (non-hydrogen) atoms. The summed E-state index contributed by atoms with van der Waals surface area (Å²) in [6.07, 6.45) is 5.61. The van der Waals surface area contributed by atoms with E-state index in [9.17, 15) is 9.90 Å². The van der Waals surface area contributed by atoms with E-state index in [-0.39, 0.29) is 5.92 Å². The fourth-order valence-corrected chi connectivity index (χ4v) is 1.61. The molecule has 1 unspecified atom stereocenters. The van der Waals surface area contributed by atoms with Crippen LogP contribution in [0.2, 0.25) is 0 Å². The van der Waals surface area contributed by atoms with Crippen LogP contribution < -0.4 is 0 Å². The van der Waals surface area contributed by atoms with Gasteiger partial charge in [0.15, 0.2) is 0 Å². The van der Waals surface area contributed by atoms with Crippen molar-refractivity contribution in [2.24, 2.45) is 11.8 Å². The van der Waals surface area contributed by atoms with E-state index >= 15 is 0 Å². The Balaban J connectivity index is 0.000000366. The Hall–Kier alpha value is -0.830. The number of rotatable bonds is 2. The summed E-state index contributed by atoms with van der Waals surface area (Å²) >= 11 is 0. The fraction of sp³-hybridized carbons (Fsp3) is 0.786. The second-order valence-electron chi connectivity index (χ2n) is 5.67. The van der Waals surface area contributed by atoms with Gasteiger partial charge in [-0.1, -0.05) is 25.5 Å². The highest BCUT2D eigenvalue weighted by Gasteiger charge is 2.27. The Morgan fingerprint density at radius 3 is 2.18 bits per heavy atom. The molecule has 0 radical (unpaired) electrons. The summed E-state index contributed by atoms with van der Waals surface area (Å²) in [5.74, 6) is -0.508. The third-order valence-electron chi connectivity index (χ3n) is 3.13. The molecule has 0 saturated heterocycles. The van der Waals surface area contributed by atoms with Crippen molar-refractivity contribution >= 4 is 5.97 Å². The van der Waals surface area contributed by atoms with Gasteiger partial charge in [-0.05, 0) is 46.0 Å². The molecule has 0 aromatic rings. The van der Waals surface area contributed by atoms with E-state index in [1.807, 2.05) is 13.8 Å². The normalized spacial score (nSPS) is 20.4. The summed E-state index contributed by atoms with van der Waals surface area (Å²) in [5.41, 5.74) is 0.988. The molecule has 0 aromatic carbocycles. The SMILES string of the molecule is CC(C)C(=O)O.CC1=CCC(C(C)(C)O)CC1. The summed E-state index contributed by atoms with van der Waals surface area (Å²) in [5, 5.41) is 17.7. The van der Waals surface area contributed by atoms with Crippen LogP contribution in [0.3, 0.4) is 0 Å². The maximum atomic E-state index is 9.70. The van der Waals surface area contributed by atoms with Crippen LogP contribution in [-0.4, -0.2) is 21.8 Å². The monoisotopic (exact) mass is 242 g/mol. The number of aliphatic carboxylic acids is 1. The van der Waals surface area contributed by atoms with Crippen LogP contribution in [0.25, 0.3) is 0 Å². The lowest BCUT2D eigenvalue weighted by Crippen LogP contribution is -2.31. The van der Waals surface area contributed by atoms with Crippen LogP contribution in [-0.2, 0) is 4.79 Å². The average Bonchev–Trinajstić information content (AvgIpc) is 2.17. The molecule has 1 atom stereocenters. The minimum Gasteiger partial charge on any atom is -0.481 e. The summed E-state index contributed by atoms with van der Waals surface area (Å²) in [6, 6.07) is 0. The molecule has 0 bridgehead atoms. The van der Waals surface area contributed by atoms with Gasteiger partial charge in [-0.25, -0.2) is 0 Å². The Labute approximate surface area is 105 Å². The molecular formula is C14H26O3. The van der Waals surface area contributed by atoms with Crippen LogP contribution in [0, 0.1) is 11.8 Å². The fourth-order valence-electron chi connectivity index (χ4n) is 1.61. The molecule has 0 aromatic heterocycles. The number of carboxylic acids is 1. The number of hydrogen-bond donors (Lipinski definition) is 2. The van der Waals surface area contributed by atoms with Gasteiger partial charge in [-0.2, -0.15) is 0 Å². The third-order valence-corrected chi connectivity index (χ3v) is 3.13. The van der Waals surface area contributed by atoms with Gasteiger partial charge in [0, 0.05) is 0 Å². The first-order chi connectivity index (χ1) is 7.64. The number of carboxylic acid groups (broad SMARTS) is 1. The van der Waals surface area contributed by atoms with Crippen LogP contribution >= 0.6 is 0 Å². The summed E-state index contributed by atoms with van der Waals surface area (Å²) in [4.78, 5) is 9.70. The first kappa shape index (κ1) is 16.2. The number of allylic oxidation sites excluding steroid dienone is 2. The molecule has 0 amide bonds. The number of aliphatic hydroxyl groups is 1. The first-order valence-corrected chi connectivity index (χ1v) is 6.25. The van der Waals surface area contributed by atoms with E-state index in [0.717, 1.165) is 19.3 Å². The van der Waals surface area contributed by atoms with Gasteiger partial charge in [0.1, 0.15) is 0 Å². The van der Waals surface area contributed by atoms with Crippen LogP contribution in [0.5, 0.6) is 0 Å². The highest BCUT2D eigenvalue weighted by Crippen LogP contribution is 2.31. The highest BCUT2D eigenvalue weighted by atomic mass is 16.4. The topological polar surface area (TPSA) is 57.5 Å². The minimum absolute atomic E-state index is 0.231. The van der Waals surface area contributed by atoms with E-state index in [1.54, 1.807) is 13.8 Å². The molecule has 1 rings (SSSR count). The molecule has 0 spiro atoms. The van der Waals surface area contributed by atoms with Crippen LogP contribution in [0.4, 0.5) is 0 Å². The molecular weight excluding hydrogens is 216 g/mol. The molecule has 100 valence electrons. The first-order valence-electron chi connectivity index (χ1n) is 6.25. The minimum atomic E-state index is -0.741. The Bertz CT molecular complexity index is 272. The van der Waals surface area contributed by atoms with E-state index in [1.165, 1.54) is 5.57 Å². The van der Waals surface area contributed by atoms with Gasteiger partial charge in [-0.15, -0.1) is 0 Å². The molecule has 0 aliphatic heterocycles. The Kier molecular flexibility index (Phi) is 6.46. The molecule has 3 nitrogen and oxygen atoms in total. The van der Waals surface area contributed by atoms with Crippen molar-refractivity contribution in [1.82, 2.24) is 0 Å². The van der Waals surface area contributed by atoms with Gasteiger partial charge in [0.2, 0.25) is 0 Å². The number of hydrogen-bond acceptors (Lipinski definition) is 2. The maximum absolute atomic E-state index is 9.70. The second-order valence-corrected chi connectivity index (χ2v) is 5.67.